The molecule has 2 aliphatic heterocycles. The van der Waals surface area contributed by atoms with Crippen molar-refractivity contribution in [1.82, 2.24) is 45.7 Å². The molecular formula is C51H55F4N13O5. The number of aromatic nitrogens is 4. The molecule has 0 spiro atoms. The fraction of sp³-hybridized carbons (Fsp3) is 0.294. The van der Waals surface area contributed by atoms with Crippen LogP contribution in [0.3, 0.4) is 0 Å². The van der Waals surface area contributed by atoms with Crippen molar-refractivity contribution in [3.63, 3.8) is 0 Å². The number of carbonyl (C=O) groups excluding carboxylic acids is 3. The minimum Gasteiger partial charge on any atom is -0.478 e. The first-order chi connectivity index (χ1) is 34.7. The van der Waals surface area contributed by atoms with E-state index in [-0.39, 0.29) is 54.1 Å². The summed E-state index contributed by atoms with van der Waals surface area (Å²) in [7, 11) is 7.66. The topological polar surface area (TPSA) is 213 Å². The Kier molecular flexibility index (Phi) is 16.2. The second-order valence-corrected chi connectivity index (χ2v) is 18.0. The van der Waals surface area contributed by atoms with Crippen molar-refractivity contribution in [3.8, 4) is 22.5 Å². The highest BCUT2D eigenvalue weighted by atomic mass is 19.1. The van der Waals surface area contributed by atoms with Crippen molar-refractivity contribution >= 4 is 58.8 Å². The lowest BCUT2D eigenvalue weighted by atomic mass is 9.98. The maximum absolute atomic E-state index is 14.8. The Labute approximate surface area is 418 Å². The van der Waals surface area contributed by atoms with E-state index in [9.17, 15) is 41.8 Å². The number of para-hydroxylation sites is 2. The van der Waals surface area contributed by atoms with Crippen LogP contribution in [-0.2, 0) is 13.1 Å². The van der Waals surface area contributed by atoms with E-state index >= 15 is 0 Å². The summed E-state index contributed by atoms with van der Waals surface area (Å²) in [6, 6.07) is 15.1. The van der Waals surface area contributed by atoms with E-state index in [2.05, 4.69) is 41.5 Å². The Bertz CT molecular complexity index is 3060. The number of anilines is 6. The molecule has 0 saturated heterocycles. The molecule has 4 heterocycles. The van der Waals surface area contributed by atoms with Gasteiger partial charge in [-0.25, -0.2) is 51.7 Å². The van der Waals surface area contributed by atoms with E-state index in [1.807, 2.05) is 58.8 Å². The zero-order chi connectivity index (χ0) is 52.8. The van der Waals surface area contributed by atoms with Crippen LogP contribution in [-0.4, -0.2) is 119 Å². The van der Waals surface area contributed by atoms with Crippen molar-refractivity contribution < 1.29 is 41.8 Å². The highest BCUT2D eigenvalue weighted by Gasteiger charge is 2.36. The van der Waals surface area contributed by atoms with Crippen molar-refractivity contribution in [2.45, 2.75) is 46.8 Å². The van der Waals surface area contributed by atoms with Crippen LogP contribution in [0.5, 0.6) is 0 Å². The van der Waals surface area contributed by atoms with Gasteiger partial charge in [-0.05, 0) is 116 Å². The maximum atomic E-state index is 14.8. The molecule has 0 radical (unpaired) electrons. The van der Waals surface area contributed by atoms with Gasteiger partial charge in [0, 0.05) is 60.0 Å². The van der Waals surface area contributed by atoms with E-state index in [1.54, 1.807) is 31.2 Å². The van der Waals surface area contributed by atoms with Gasteiger partial charge in [-0.3, -0.25) is 4.79 Å². The van der Waals surface area contributed by atoms with Gasteiger partial charge in [0.1, 0.15) is 34.6 Å². The number of fused-ring (bicyclic) bond motifs is 2. The molecule has 5 amide bonds. The molecule has 18 nitrogen and oxygen atoms in total. The number of hydrogen-bond acceptors (Lipinski definition) is 12. The van der Waals surface area contributed by atoms with E-state index in [4.69, 9.17) is 4.98 Å². The number of aromatic carboxylic acids is 1. The van der Waals surface area contributed by atoms with E-state index < -0.39 is 52.7 Å². The van der Waals surface area contributed by atoms with Crippen molar-refractivity contribution in [1.29, 1.82) is 0 Å². The summed E-state index contributed by atoms with van der Waals surface area (Å²) < 4.78 is 59.1. The van der Waals surface area contributed by atoms with Gasteiger partial charge in [-0.15, -0.1) is 0 Å². The minimum absolute atomic E-state index is 0.0134. The summed E-state index contributed by atoms with van der Waals surface area (Å²) in [5.74, 6) is -4.40. The lowest BCUT2D eigenvalue weighted by molar-refractivity contribution is 0.0696. The fourth-order valence-corrected chi connectivity index (χ4v) is 8.00. The zero-order valence-corrected chi connectivity index (χ0v) is 41.4. The Morgan fingerprint density at radius 3 is 1.41 bits per heavy atom. The molecule has 0 unspecified atom stereocenters. The predicted octanol–water partition coefficient (Wildman–Crippen LogP) is 7.97. The summed E-state index contributed by atoms with van der Waals surface area (Å²) >= 11 is 0. The van der Waals surface area contributed by atoms with Crippen LogP contribution in [0.4, 0.5) is 62.1 Å². The van der Waals surface area contributed by atoms with Gasteiger partial charge in [-0.2, -0.15) is 9.97 Å². The summed E-state index contributed by atoms with van der Waals surface area (Å²) in [5, 5.41) is 23.8. The summed E-state index contributed by atoms with van der Waals surface area (Å²) in [4.78, 5) is 73.8. The lowest BCUT2D eigenvalue weighted by Crippen LogP contribution is -2.43. The molecule has 6 N–H and O–H groups in total. The number of carboxylic acid groups (broad SMARTS) is 1. The van der Waals surface area contributed by atoms with Crippen LogP contribution in [0.1, 0.15) is 56.8 Å². The standard InChI is InChI=1S/C27H31F2N7O2.C24H24F2N6O3/c1-15(2)32-25(37)17-9-10-18(16(3)13-17)22-19-14-31-27(38)36(23-20(28)7-6-8-21(23)29)24(19)34-26(33-22)30-11-12-35(4)5;1-13-11-14(22(33)34)7-8-15(13)19-16-12-28-24(35)32(20-17(25)5-4-6-18(20)26)21(16)30-23(29-19)27-9-10-31(2)3/h6-10,13,15H,11-12,14H2,1-5H3,(H,31,38)(H,32,37)(H,30,33,34);4-8,11H,9-10,12H2,1-3H3,(H,28,35)(H,33,34)(H,27,29,30). The fourth-order valence-electron chi connectivity index (χ4n) is 8.00. The van der Waals surface area contributed by atoms with Gasteiger partial charge >= 0.3 is 18.0 Å². The predicted molar refractivity (Wildman–Crippen MR) is 270 cm³/mol. The Morgan fingerprint density at radius 1 is 0.644 bits per heavy atom. The number of likely N-dealkylation sites (N-methyl/N-ethyl adjacent to an activating group) is 2. The second-order valence-electron chi connectivity index (χ2n) is 18.0. The first-order valence-electron chi connectivity index (χ1n) is 23.1. The molecule has 382 valence electrons. The number of carbonyl (C=O) groups is 4. The van der Waals surface area contributed by atoms with E-state index in [0.29, 0.717) is 70.9 Å². The van der Waals surface area contributed by atoms with Crippen LogP contribution >= 0.6 is 0 Å². The van der Waals surface area contributed by atoms with Crippen LogP contribution < -0.4 is 36.4 Å². The number of halogens is 4. The van der Waals surface area contributed by atoms with Crippen LogP contribution in [0, 0.1) is 37.1 Å². The number of amides is 5. The van der Waals surface area contributed by atoms with Crippen molar-refractivity contribution in [2.75, 3.05) is 74.8 Å². The van der Waals surface area contributed by atoms with Crippen LogP contribution in [0.25, 0.3) is 22.5 Å². The molecule has 6 aromatic rings. The summed E-state index contributed by atoms with van der Waals surface area (Å²) in [5.41, 5.74) is 4.07. The normalized spacial score (nSPS) is 13.0. The molecule has 22 heteroatoms. The van der Waals surface area contributed by atoms with Crippen LogP contribution in [0.2, 0.25) is 0 Å². The highest BCUT2D eigenvalue weighted by Crippen LogP contribution is 2.41. The lowest BCUT2D eigenvalue weighted by Gasteiger charge is -2.31. The van der Waals surface area contributed by atoms with Gasteiger partial charge in [0.25, 0.3) is 5.91 Å². The van der Waals surface area contributed by atoms with Gasteiger partial charge < -0.3 is 41.5 Å². The average Bonchev–Trinajstić information content (AvgIpc) is 3.32. The number of carboxylic acids is 1. The number of nitrogens with one attached hydrogen (secondary N) is 5. The molecule has 0 aliphatic carbocycles. The average molecular weight is 1010 g/mol. The van der Waals surface area contributed by atoms with Crippen LogP contribution in [0.15, 0.2) is 72.8 Å². The molecule has 73 heavy (non-hydrogen) atoms. The maximum Gasteiger partial charge on any atom is 0.335 e. The van der Waals surface area contributed by atoms with Gasteiger partial charge in [0.05, 0.1) is 30.0 Å². The molecule has 2 aliphatic rings. The second kappa shape index (κ2) is 22.5. The summed E-state index contributed by atoms with van der Waals surface area (Å²) in [6.07, 6.45) is 0. The number of hydrogen-bond donors (Lipinski definition) is 6. The minimum atomic E-state index is -1.07. The third-order valence-corrected chi connectivity index (χ3v) is 11.5. The number of benzene rings is 4. The Hall–Kier alpha value is -8.24. The van der Waals surface area contributed by atoms with E-state index in [0.717, 1.165) is 39.6 Å². The Morgan fingerprint density at radius 2 is 1.04 bits per heavy atom. The summed E-state index contributed by atoms with van der Waals surface area (Å²) in [6.45, 7) is 9.76. The first kappa shape index (κ1) is 52.6. The van der Waals surface area contributed by atoms with E-state index in [1.165, 1.54) is 24.3 Å². The van der Waals surface area contributed by atoms with Gasteiger partial charge in [0.2, 0.25) is 11.9 Å². The Balaban J connectivity index is 0.000000214. The largest absolute Gasteiger partial charge is 0.478 e. The molecule has 0 bridgehead atoms. The molecule has 0 fully saturated rings. The molecule has 0 saturated carbocycles. The number of aryl methyl sites for hydroxylation is 2. The third-order valence-electron chi connectivity index (χ3n) is 11.5. The molecule has 2 aromatic heterocycles. The number of rotatable bonds is 15. The first-order valence-corrected chi connectivity index (χ1v) is 23.1. The molecular weight excluding hydrogens is 951 g/mol. The quantitative estimate of drug-likeness (QED) is 0.0540. The smallest absolute Gasteiger partial charge is 0.335 e. The number of urea groups is 2. The number of nitrogens with zero attached hydrogens (tertiary/aromatic N) is 8. The monoisotopic (exact) mass is 1010 g/mol. The van der Waals surface area contributed by atoms with Gasteiger partial charge in [0.15, 0.2) is 11.6 Å². The molecule has 8 rings (SSSR count). The van der Waals surface area contributed by atoms with Gasteiger partial charge in [-0.1, -0.05) is 24.3 Å². The molecule has 0 atom stereocenters. The SMILES string of the molecule is Cc1cc(C(=O)NC(C)C)ccc1-c1nc(NCCN(C)C)nc2c1CNC(=O)N2c1c(F)cccc1F.Cc1cc(C(=O)O)ccc1-c1nc(NCCN(C)C)nc2c1CNC(=O)N2c1c(F)cccc1F. The molecule has 4 aromatic carbocycles. The zero-order valence-electron chi connectivity index (χ0n) is 41.4. The van der Waals surface area contributed by atoms with Crippen molar-refractivity contribution in [3.05, 3.63) is 129 Å². The third kappa shape index (κ3) is 11.8. The highest BCUT2D eigenvalue weighted by molar-refractivity contribution is 6.03. The van der Waals surface area contributed by atoms with Crippen molar-refractivity contribution in [2.24, 2.45) is 0 Å².